The minimum Gasteiger partial charge on any atom is -0.458 e. The maximum Gasteiger partial charge on any atom is 0.309 e. The van der Waals surface area contributed by atoms with E-state index in [1.54, 1.807) is 0 Å². The molecule has 3 aromatic carbocycles. The lowest BCUT2D eigenvalue weighted by atomic mass is 9.75. The second kappa shape index (κ2) is 9.09. The lowest BCUT2D eigenvalue weighted by molar-refractivity contribution is -0.155. The third-order valence-corrected chi connectivity index (χ3v) is 8.06. The summed E-state index contributed by atoms with van der Waals surface area (Å²) < 4.78 is 6.97. The van der Waals surface area contributed by atoms with Crippen molar-refractivity contribution in [1.82, 2.24) is 0 Å². The molecule has 1 saturated carbocycles. The van der Waals surface area contributed by atoms with Gasteiger partial charge in [0.25, 0.3) is 0 Å². The predicted octanol–water partition coefficient (Wildman–Crippen LogP) is 8.21. The van der Waals surface area contributed by atoms with Crippen LogP contribution < -0.4 is 0 Å². The standard InChI is InChI=1S/C27H31BrO2/c1-4-17(2)19-9-11-21(12-10-19)27(29)30-18(3)22-15-16-24-23-8-6-5-7-20(23)13-14-25(24)26(22)28/h5-8,13-19,21H,4,9-12H2,1-3H3. The van der Waals surface area contributed by atoms with Crippen molar-refractivity contribution in [3.8, 4) is 0 Å². The summed E-state index contributed by atoms with van der Waals surface area (Å²) in [6.45, 7) is 6.58. The molecule has 0 radical (unpaired) electrons. The van der Waals surface area contributed by atoms with Crippen LogP contribution in [0.3, 0.4) is 0 Å². The number of esters is 1. The highest BCUT2D eigenvalue weighted by molar-refractivity contribution is 9.10. The zero-order chi connectivity index (χ0) is 21.3. The number of hydrogen-bond donors (Lipinski definition) is 0. The predicted molar refractivity (Wildman–Crippen MR) is 129 cm³/mol. The summed E-state index contributed by atoms with van der Waals surface area (Å²) in [7, 11) is 0. The van der Waals surface area contributed by atoms with Crippen molar-refractivity contribution >= 4 is 43.4 Å². The van der Waals surface area contributed by atoms with Crippen LogP contribution in [-0.4, -0.2) is 5.97 Å². The van der Waals surface area contributed by atoms with Gasteiger partial charge in [-0.25, -0.2) is 0 Å². The number of carbonyl (C=O) groups is 1. The topological polar surface area (TPSA) is 26.3 Å². The summed E-state index contributed by atoms with van der Waals surface area (Å²) in [6, 6.07) is 17.0. The Morgan fingerprint density at radius 1 is 0.967 bits per heavy atom. The van der Waals surface area contributed by atoms with E-state index in [0.717, 1.165) is 52.9 Å². The van der Waals surface area contributed by atoms with Gasteiger partial charge in [-0.1, -0.05) is 68.8 Å². The number of carbonyl (C=O) groups excluding carboxylic acids is 1. The number of halogens is 1. The Morgan fingerprint density at radius 2 is 1.67 bits per heavy atom. The van der Waals surface area contributed by atoms with Gasteiger partial charge in [-0.15, -0.1) is 0 Å². The molecule has 30 heavy (non-hydrogen) atoms. The summed E-state index contributed by atoms with van der Waals surface area (Å²) in [5, 5.41) is 4.84. The van der Waals surface area contributed by atoms with Gasteiger partial charge < -0.3 is 4.74 Å². The van der Waals surface area contributed by atoms with Crippen LogP contribution in [0.1, 0.15) is 64.5 Å². The Labute approximate surface area is 188 Å². The van der Waals surface area contributed by atoms with E-state index in [1.807, 2.05) is 6.92 Å². The van der Waals surface area contributed by atoms with E-state index in [9.17, 15) is 4.79 Å². The molecule has 0 N–H and O–H groups in total. The second-order valence-corrected chi connectivity index (χ2v) is 9.72. The fourth-order valence-corrected chi connectivity index (χ4v) is 5.77. The minimum absolute atomic E-state index is 0.0318. The molecule has 0 aromatic heterocycles. The van der Waals surface area contributed by atoms with Crippen LogP contribution in [0.2, 0.25) is 0 Å². The molecule has 0 bridgehead atoms. The number of rotatable bonds is 5. The average Bonchev–Trinajstić information content (AvgIpc) is 2.78. The van der Waals surface area contributed by atoms with Gasteiger partial charge in [0.05, 0.1) is 5.92 Å². The summed E-state index contributed by atoms with van der Waals surface area (Å²) in [5.74, 6) is 1.54. The van der Waals surface area contributed by atoms with Gasteiger partial charge in [0.2, 0.25) is 0 Å². The number of hydrogen-bond acceptors (Lipinski definition) is 2. The molecule has 3 heteroatoms. The maximum absolute atomic E-state index is 12.8. The Bertz CT molecular complexity index is 1050. The first-order valence-corrected chi connectivity index (χ1v) is 12.1. The van der Waals surface area contributed by atoms with E-state index in [2.05, 4.69) is 78.3 Å². The molecule has 0 amide bonds. The molecule has 0 aliphatic heterocycles. The SMILES string of the molecule is CCC(C)C1CCC(C(=O)OC(C)c2ccc3c(ccc4ccccc43)c2Br)CC1. The highest BCUT2D eigenvalue weighted by atomic mass is 79.9. The average molecular weight is 467 g/mol. The maximum atomic E-state index is 12.8. The second-order valence-electron chi connectivity index (χ2n) is 8.93. The fraction of sp³-hybridized carbons (Fsp3) is 0.444. The molecule has 158 valence electrons. The summed E-state index contributed by atoms with van der Waals surface area (Å²) in [4.78, 5) is 12.8. The van der Waals surface area contributed by atoms with E-state index in [1.165, 1.54) is 22.6 Å². The quantitative estimate of drug-likeness (QED) is 0.279. The van der Waals surface area contributed by atoms with Gasteiger partial charge in [-0.3, -0.25) is 4.79 Å². The Hall–Kier alpha value is -1.87. The Balaban J connectivity index is 1.49. The first-order chi connectivity index (χ1) is 14.5. The molecule has 2 unspecified atom stereocenters. The molecule has 1 aliphatic carbocycles. The molecule has 2 atom stereocenters. The zero-order valence-corrected chi connectivity index (χ0v) is 19.7. The number of ether oxygens (including phenoxy) is 1. The minimum atomic E-state index is -0.268. The van der Waals surface area contributed by atoms with Crippen molar-refractivity contribution in [3.05, 3.63) is 58.6 Å². The number of benzene rings is 3. The van der Waals surface area contributed by atoms with E-state index in [-0.39, 0.29) is 18.0 Å². The Kier molecular flexibility index (Phi) is 6.48. The molecule has 0 spiro atoms. The smallest absolute Gasteiger partial charge is 0.309 e. The van der Waals surface area contributed by atoms with Gasteiger partial charge in [-0.2, -0.15) is 0 Å². The fourth-order valence-electron chi connectivity index (χ4n) is 4.97. The summed E-state index contributed by atoms with van der Waals surface area (Å²) in [6.07, 6.45) is 5.18. The molecule has 0 saturated heterocycles. The van der Waals surface area contributed by atoms with Crippen LogP contribution in [0.4, 0.5) is 0 Å². The van der Waals surface area contributed by atoms with Crippen LogP contribution in [0.25, 0.3) is 21.5 Å². The molecule has 1 fully saturated rings. The molecule has 3 aromatic rings. The zero-order valence-electron chi connectivity index (χ0n) is 18.2. The third-order valence-electron chi connectivity index (χ3n) is 7.17. The highest BCUT2D eigenvalue weighted by Crippen LogP contribution is 2.38. The summed E-state index contributed by atoms with van der Waals surface area (Å²) in [5.41, 5.74) is 1.03. The lowest BCUT2D eigenvalue weighted by Gasteiger charge is -2.31. The molecule has 2 nitrogen and oxygen atoms in total. The molecular formula is C27H31BrO2. The van der Waals surface area contributed by atoms with Crippen molar-refractivity contribution in [1.29, 1.82) is 0 Å². The van der Waals surface area contributed by atoms with Gasteiger partial charge >= 0.3 is 5.97 Å². The van der Waals surface area contributed by atoms with Crippen molar-refractivity contribution in [3.63, 3.8) is 0 Å². The van der Waals surface area contributed by atoms with Crippen LogP contribution in [0, 0.1) is 17.8 Å². The van der Waals surface area contributed by atoms with Crippen LogP contribution >= 0.6 is 15.9 Å². The molecular weight excluding hydrogens is 436 g/mol. The molecule has 4 rings (SSSR count). The van der Waals surface area contributed by atoms with E-state index in [0.29, 0.717) is 0 Å². The molecule has 1 aliphatic rings. The number of fused-ring (bicyclic) bond motifs is 3. The normalized spacial score (nSPS) is 21.5. The first kappa shape index (κ1) is 21.4. The highest BCUT2D eigenvalue weighted by Gasteiger charge is 2.30. The van der Waals surface area contributed by atoms with Gasteiger partial charge in [0.1, 0.15) is 6.10 Å². The van der Waals surface area contributed by atoms with Gasteiger partial charge in [0.15, 0.2) is 0 Å². The monoisotopic (exact) mass is 466 g/mol. The van der Waals surface area contributed by atoms with Crippen LogP contribution in [0.5, 0.6) is 0 Å². The Morgan fingerprint density at radius 3 is 2.40 bits per heavy atom. The van der Waals surface area contributed by atoms with Gasteiger partial charge in [0, 0.05) is 10.0 Å². The van der Waals surface area contributed by atoms with Crippen molar-refractivity contribution in [2.45, 2.75) is 59.0 Å². The summed E-state index contributed by atoms with van der Waals surface area (Å²) >= 11 is 3.79. The van der Waals surface area contributed by atoms with Crippen molar-refractivity contribution in [2.24, 2.45) is 17.8 Å². The van der Waals surface area contributed by atoms with Crippen molar-refractivity contribution in [2.75, 3.05) is 0 Å². The lowest BCUT2D eigenvalue weighted by Crippen LogP contribution is -2.26. The van der Waals surface area contributed by atoms with Crippen molar-refractivity contribution < 1.29 is 9.53 Å². The van der Waals surface area contributed by atoms with E-state index in [4.69, 9.17) is 4.74 Å². The third kappa shape index (κ3) is 4.14. The van der Waals surface area contributed by atoms with Crippen LogP contribution in [-0.2, 0) is 9.53 Å². The molecule has 0 heterocycles. The van der Waals surface area contributed by atoms with Gasteiger partial charge in [-0.05, 0) is 81.9 Å². The first-order valence-electron chi connectivity index (χ1n) is 11.3. The van der Waals surface area contributed by atoms with E-state index < -0.39 is 0 Å². The van der Waals surface area contributed by atoms with E-state index >= 15 is 0 Å². The largest absolute Gasteiger partial charge is 0.458 e. The van der Waals surface area contributed by atoms with Crippen LogP contribution in [0.15, 0.2) is 53.0 Å².